The lowest BCUT2D eigenvalue weighted by molar-refractivity contribution is -0.141. The van der Waals surface area contributed by atoms with E-state index in [0.29, 0.717) is 29.4 Å². The van der Waals surface area contributed by atoms with Gasteiger partial charge in [-0.15, -0.1) is 0 Å². The van der Waals surface area contributed by atoms with Gasteiger partial charge in [0.1, 0.15) is 12.1 Å². The van der Waals surface area contributed by atoms with E-state index < -0.39 is 17.5 Å². The molecule has 0 bridgehead atoms. The van der Waals surface area contributed by atoms with E-state index in [1.54, 1.807) is 41.1 Å². The molecule has 0 unspecified atom stereocenters. The van der Waals surface area contributed by atoms with Gasteiger partial charge in [0, 0.05) is 40.8 Å². The van der Waals surface area contributed by atoms with Crippen molar-refractivity contribution in [3.05, 3.63) is 101 Å². The molecule has 6 nitrogen and oxygen atoms in total. The van der Waals surface area contributed by atoms with Crippen LogP contribution in [0, 0.1) is 5.41 Å². The molecule has 3 aromatic rings. The molecule has 0 aliphatic carbocycles. The van der Waals surface area contributed by atoms with Crippen LogP contribution >= 0.6 is 11.6 Å². The van der Waals surface area contributed by atoms with Gasteiger partial charge in [0.15, 0.2) is 0 Å². The summed E-state index contributed by atoms with van der Waals surface area (Å²) in [7, 11) is 1.71. The van der Waals surface area contributed by atoms with Gasteiger partial charge in [-0.05, 0) is 37.1 Å². The SMILES string of the molecule is CN(C(=O)[C@@H]1CCCN1C(=O)[C@@H](N=C(c1ccccc1)c1ccccc1)C(C)(C)CO)c1ccc(Cl)cc1. The molecule has 1 fully saturated rings. The predicted molar refractivity (Wildman–Crippen MR) is 153 cm³/mol. The highest BCUT2D eigenvalue weighted by Crippen LogP contribution is 2.31. The van der Waals surface area contributed by atoms with Crippen molar-refractivity contribution in [2.45, 2.75) is 38.8 Å². The minimum Gasteiger partial charge on any atom is -0.396 e. The van der Waals surface area contributed by atoms with E-state index in [2.05, 4.69) is 0 Å². The lowest BCUT2D eigenvalue weighted by atomic mass is 9.84. The summed E-state index contributed by atoms with van der Waals surface area (Å²) in [5.41, 5.74) is 2.28. The fourth-order valence-electron chi connectivity index (χ4n) is 4.75. The Morgan fingerprint density at radius 3 is 2.08 bits per heavy atom. The van der Waals surface area contributed by atoms with Crippen LogP contribution in [0.5, 0.6) is 0 Å². The van der Waals surface area contributed by atoms with Crippen molar-refractivity contribution >= 4 is 34.8 Å². The van der Waals surface area contributed by atoms with Crippen LogP contribution < -0.4 is 4.90 Å². The zero-order valence-electron chi connectivity index (χ0n) is 22.0. The molecule has 1 heterocycles. The van der Waals surface area contributed by atoms with Crippen LogP contribution in [0.25, 0.3) is 0 Å². The zero-order chi connectivity index (χ0) is 27.3. The third-order valence-corrected chi connectivity index (χ3v) is 7.35. The van der Waals surface area contributed by atoms with Crippen LogP contribution in [-0.4, -0.2) is 59.8 Å². The summed E-state index contributed by atoms with van der Waals surface area (Å²) in [4.78, 5) is 36.0. The Labute approximate surface area is 229 Å². The Bertz CT molecular complexity index is 1240. The Balaban J connectivity index is 1.71. The van der Waals surface area contributed by atoms with E-state index in [-0.39, 0.29) is 18.4 Å². The quantitative estimate of drug-likeness (QED) is 0.405. The molecular weight excluding hydrogens is 498 g/mol. The summed E-state index contributed by atoms with van der Waals surface area (Å²) in [6, 6.07) is 25.0. The van der Waals surface area contributed by atoms with Gasteiger partial charge in [-0.1, -0.05) is 86.1 Å². The van der Waals surface area contributed by atoms with Crippen LogP contribution in [0.4, 0.5) is 5.69 Å². The average molecular weight is 532 g/mol. The monoisotopic (exact) mass is 531 g/mol. The van der Waals surface area contributed by atoms with Crippen LogP contribution in [0.3, 0.4) is 0 Å². The van der Waals surface area contributed by atoms with Crippen molar-refractivity contribution in [1.29, 1.82) is 0 Å². The third-order valence-electron chi connectivity index (χ3n) is 7.10. The Hall–Kier alpha value is -3.48. The molecule has 1 aliphatic rings. The number of nitrogens with zero attached hydrogens (tertiary/aromatic N) is 3. The molecule has 3 aromatic carbocycles. The largest absolute Gasteiger partial charge is 0.396 e. The highest BCUT2D eigenvalue weighted by atomic mass is 35.5. The number of benzene rings is 3. The fraction of sp³-hybridized carbons (Fsp3) is 0.323. The second kappa shape index (κ2) is 11.9. The third kappa shape index (κ3) is 5.98. The van der Waals surface area contributed by atoms with Crippen molar-refractivity contribution in [3.63, 3.8) is 0 Å². The van der Waals surface area contributed by atoms with E-state index in [0.717, 1.165) is 17.5 Å². The number of likely N-dealkylation sites (tertiary alicyclic amines) is 1. The topological polar surface area (TPSA) is 73.2 Å². The smallest absolute Gasteiger partial charge is 0.249 e. The summed E-state index contributed by atoms with van der Waals surface area (Å²) in [6.07, 6.45) is 1.29. The van der Waals surface area contributed by atoms with Crippen LogP contribution in [-0.2, 0) is 9.59 Å². The van der Waals surface area contributed by atoms with E-state index >= 15 is 0 Å². The first-order chi connectivity index (χ1) is 18.2. The number of carbonyl (C=O) groups excluding carboxylic acids is 2. The highest BCUT2D eigenvalue weighted by molar-refractivity contribution is 6.30. The number of aliphatic imine (C=N–C) groups is 1. The summed E-state index contributed by atoms with van der Waals surface area (Å²) >= 11 is 6.02. The second-order valence-corrected chi connectivity index (χ2v) is 10.8. The number of halogens is 1. The summed E-state index contributed by atoms with van der Waals surface area (Å²) in [6.45, 7) is 3.89. The van der Waals surface area contributed by atoms with Gasteiger partial charge in [-0.3, -0.25) is 14.6 Å². The summed E-state index contributed by atoms with van der Waals surface area (Å²) in [5, 5.41) is 10.9. The summed E-state index contributed by atoms with van der Waals surface area (Å²) in [5.74, 6) is -0.414. The molecule has 0 spiro atoms. The first kappa shape index (κ1) is 27.6. The minimum atomic E-state index is -0.892. The molecule has 1 N–H and O–H groups in total. The number of rotatable bonds is 8. The Morgan fingerprint density at radius 1 is 1.00 bits per heavy atom. The van der Waals surface area contributed by atoms with E-state index in [1.165, 1.54) is 0 Å². The number of hydrogen-bond acceptors (Lipinski definition) is 4. The van der Waals surface area contributed by atoms with Crippen LogP contribution in [0.1, 0.15) is 37.8 Å². The predicted octanol–water partition coefficient (Wildman–Crippen LogP) is 5.22. The molecule has 0 radical (unpaired) electrons. The number of amides is 2. The maximum Gasteiger partial charge on any atom is 0.249 e. The van der Waals surface area contributed by atoms with Gasteiger partial charge < -0.3 is 14.9 Å². The van der Waals surface area contributed by atoms with E-state index in [4.69, 9.17) is 16.6 Å². The number of carbonyl (C=O) groups is 2. The van der Waals surface area contributed by atoms with Gasteiger partial charge in [-0.2, -0.15) is 0 Å². The minimum absolute atomic E-state index is 0.158. The van der Waals surface area contributed by atoms with E-state index in [1.807, 2.05) is 74.5 Å². The van der Waals surface area contributed by atoms with Gasteiger partial charge in [0.2, 0.25) is 11.8 Å². The van der Waals surface area contributed by atoms with Crippen molar-refractivity contribution < 1.29 is 14.7 Å². The molecule has 1 aliphatic heterocycles. The van der Waals surface area contributed by atoms with Crippen LogP contribution in [0.2, 0.25) is 5.02 Å². The van der Waals surface area contributed by atoms with Crippen molar-refractivity contribution in [2.24, 2.45) is 10.4 Å². The molecular formula is C31H34ClN3O3. The maximum atomic E-state index is 14.2. The molecule has 7 heteroatoms. The van der Waals surface area contributed by atoms with Gasteiger partial charge in [-0.25, -0.2) is 0 Å². The fourth-order valence-corrected chi connectivity index (χ4v) is 4.87. The molecule has 1 saturated heterocycles. The lowest BCUT2D eigenvalue weighted by Crippen LogP contribution is -2.53. The average Bonchev–Trinajstić information content (AvgIpc) is 3.44. The molecule has 2 amide bonds. The highest BCUT2D eigenvalue weighted by Gasteiger charge is 2.43. The van der Waals surface area contributed by atoms with Crippen molar-refractivity contribution in [2.75, 3.05) is 25.1 Å². The zero-order valence-corrected chi connectivity index (χ0v) is 22.8. The Morgan fingerprint density at radius 2 is 1.55 bits per heavy atom. The summed E-state index contributed by atoms with van der Waals surface area (Å²) < 4.78 is 0. The van der Waals surface area contributed by atoms with Gasteiger partial charge in [0.25, 0.3) is 0 Å². The van der Waals surface area contributed by atoms with Gasteiger partial charge >= 0.3 is 0 Å². The maximum absolute atomic E-state index is 14.2. The molecule has 38 heavy (non-hydrogen) atoms. The van der Waals surface area contributed by atoms with Crippen molar-refractivity contribution in [3.8, 4) is 0 Å². The number of likely N-dealkylation sites (N-methyl/N-ethyl adjacent to an activating group) is 1. The standard InChI is InChI=1S/C31H34ClN3O3/c1-31(2,21-36)28(33-27(22-11-6-4-7-12-22)23-13-8-5-9-14-23)30(38)35-20-10-15-26(35)29(37)34(3)25-18-16-24(32)17-19-25/h4-9,11-14,16-19,26,28,36H,10,15,20-21H2,1-3H3/t26-,28+/m0/s1. The Kier molecular flexibility index (Phi) is 8.65. The molecule has 4 rings (SSSR count). The van der Waals surface area contributed by atoms with E-state index in [9.17, 15) is 14.7 Å². The number of aliphatic hydroxyl groups is 1. The first-order valence-electron chi connectivity index (χ1n) is 12.9. The number of aliphatic hydroxyl groups excluding tert-OH is 1. The lowest BCUT2D eigenvalue weighted by Gasteiger charge is -2.35. The molecule has 0 saturated carbocycles. The molecule has 198 valence electrons. The first-order valence-corrected chi connectivity index (χ1v) is 13.2. The normalized spacial score (nSPS) is 16.1. The number of anilines is 1. The van der Waals surface area contributed by atoms with Crippen molar-refractivity contribution in [1.82, 2.24) is 4.90 Å². The van der Waals surface area contributed by atoms with Crippen LogP contribution in [0.15, 0.2) is 89.9 Å². The molecule has 0 aromatic heterocycles. The number of hydrogen-bond donors (Lipinski definition) is 1. The van der Waals surface area contributed by atoms with Gasteiger partial charge in [0.05, 0.1) is 12.3 Å². The molecule has 2 atom stereocenters. The second-order valence-electron chi connectivity index (χ2n) is 10.3.